The number of ether oxygens (including phenoxy) is 2. The lowest BCUT2D eigenvalue weighted by Gasteiger charge is -2.12. The number of methoxy groups -OCH3 is 1. The van der Waals surface area contributed by atoms with E-state index in [0.29, 0.717) is 12.2 Å². The van der Waals surface area contributed by atoms with E-state index in [0.717, 1.165) is 53.0 Å². The topological polar surface area (TPSA) is 66.2 Å². The molecule has 0 fully saturated rings. The Hall–Kier alpha value is -2.41. The van der Waals surface area contributed by atoms with Gasteiger partial charge in [-0.2, -0.15) is 0 Å². The summed E-state index contributed by atoms with van der Waals surface area (Å²) in [5.41, 5.74) is 3.25. The van der Waals surface area contributed by atoms with E-state index in [1.165, 1.54) is 4.88 Å². The molecule has 1 aliphatic rings. The van der Waals surface area contributed by atoms with Gasteiger partial charge in [0.1, 0.15) is 22.3 Å². The minimum atomic E-state index is -0.282. The molecule has 25 heavy (non-hydrogen) atoms. The number of carbonyl (C=O) groups excluding carboxylic acids is 1. The molecule has 2 aromatic heterocycles. The van der Waals surface area contributed by atoms with Crippen LogP contribution in [0.3, 0.4) is 0 Å². The number of aromatic nitrogens is 3. The summed E-state index contributed by atoms with van der Waals surface area (Å²) in [7, 11) is 1.62. The fraction of sp³-hybridized carbons (Fsp3) is 0.389. The molecule has 0 N–H and O–H groups in total. The van der Waals surface area contributed by atoms with E-state index in [4.69, 9.17) is 9.47 Å². The van der Waals surface area contributed by atoms with Crippen LogP contribution in [0.4, 0.5) is 0 Å². The Balaban J connectivity index is 1.86. The van der Waals surface area contributed by atoms with Crippen LogP contribution in [0.5, 0.6) is 5.75 Å². The van der Waals surface area contributed by atoms with Gasteiger partial charge in [0.05, 0.1) is 13.7 Å². The van der Waals surface area contributed by atoms with Crippen molar-refractivity contribution < 1.29 is 14.3 Å². The second kappa shape index (κ2) is 6.48. The summed E-state index contributed by atoms with van der Waals surface area (Å²) in [6.45, 7) is 2.18. The van der Waals surface area contributed by atoms with Crippen LogP contribution in [0.15, 0.2) is 18.2 Å². The maximum Gasteiger partial charge on any atom is 0.341 e. The smallest absolute Gasteiger partial charge is 0.341 e. The molecule has 0 spiro atoms. The number of benzene rings is 1. The number of aryl methyl sites for hydroxylation is 1. The molecule has 1 aromatic carbocycles. The Morgan fingerprint density at radius 1 is 1.24 bits per heavy atom. The molecular weight excluding hydrogens is 338 g/mol. The first-order valence-electron chi connectivity index (χ1n) is 8.44. The van der Waals surface area contributed by atoms with E-state index in [1.54, 1.807) is 23.2 Å². The molecule has 3 aromatic rings. The summed E-state index contributed by atoms with van der Waals surface area (Å²) in [6.07, 6.45) is 4.16. The molecule has 4 rings (SSSR count). The number of thiophene rings is 1. The van der Waals surface area contributed by atoms with Crippen molar-refractivity contribution in [3.8, 4) is 10.8 Å². The van der Waals surface area contributed by atoms with Gasteiger partial charge in [-0.05, 0) is 50.3 Å². The standard InChI is InChI=1S/C18H19N3O3S/c1-3-24-18(22)16-12-6-4-5-7-15(12)25-17(16)21-19-13-9-8-11(23-2)10-14(13)20-21/h8-10H,3-7H2,1-2H3. The molecule has 0 amide bonds. The highest BCUT2D eigenvalue weighted by Crippen LogP contribution is 2.37. The van der Waals surface area contributed by atoms with Crippen LogP contribution in [-0.2, 0) is 17.6 Å². The van der Waals surface area contributed by atoms with Crippen LogP contribution in [0.25, 0.3) is 16.0 Å². The summed E-state index contributed by atoms with van der Waals surface area (Å²) < 4.78 is 10.6. The van der Waals surface area contributed by atoms with Gasteiger partial charge >= 0.3 is 5.97 Å². The molecular formula is C18H19N3O3S. The predicted octanol–water partition coefficient (Wildman–Crippen LogP) is 3.55. The Morgan fingerprint density at radius 2 is 2.04 bits per heavy atom. The molecule has 1 aliphatic carbocycles. The number of carbonyl (C=O) groups is 1. The molecule has 0 aliphatic heterocycles. The van der Waals surface area contributed by atoms with E-state index in [-0.39, 0.29) is 5.97 Å². The van der Waals surface area contributed by atoms with Gasteiger partial charge in [0, 0.05) is 10.9 Å². The Kier molecular flexibility index (Phi) is 4.17. The van der Waals surface area contributed by atoms with E-state index in [9.17, 15) is 4.79 Å². The van der Waals surface area contributed by atoms with Crippen molar-refractivity contribution in [3.63, 3.8) is 0 Å². The molecule has 6 nitrogen and oxygen atoms in total. The monoisotopic (exact) mass is 357 g/mol. The summed E-state index contributed by atoms with van der Waals surface area (Å²) in [5.74, 6) is 0.450. The third kappa shape index (κ3) is 2.78. The van der Waals surface area contributed by atoms with Gasteiger partial charge in [-0.25, -0.2) is 4.79 Å². The van der Waals surface area contributed by atoms with Crippen molar-refractivity contribution in [3.05, 3.63) is 34.2 Å². The summed E-state index contributed by atoms with van der Waals surface area (Å²) >= 11 is 1.60. The lowest BCUT2D eigenvalue weighted by molar-refractivity contribution is 0.0525. The lowest BCUT2D eigenvalue weighted by atomic mass is 9.95. The van der Waals surface area contributed by atoms with Crippen molar-refractivity contribution in [2.75, 3.05) is 13.7 Å². The largest absolute Gasteiger partial charge is 0.497 e. The zero-order chi connectivity index (χ0) is 17.4. The molecule has 130 valence electrons. The van der Waals surface area contributed by atoms with E-state index in [1.807, 2.05) is 25.1 Å². The van der Waals surface area contributed by atoms with Crippen molar-refractivity contribution >= 4 is 28.3 Å². The summed E-state index contributed by atoms with van der Waals surface area (Å²) in [4.78, 5) is 15.4. The van der Waals surface area contributed by atoms with E-state index >= 15 is 0 Å². The van der Waals surface area contributed by atoms with Crippen LogP contribution < -0.4 is 4.74 Å². The summed E-state index contributed by atoms with van der Waals surface area (Å²) in [5, 5.41) is 9.87. The van der Waals surface area contributed by atoms with Crippen LogP contribution in [0.2, 0.25) is 0 Å². The van der Waals surface area contributed by atoms with Crippen molar-refractivity contribution in [2.24, 2.45) is 0 Å². The highest BCUT2D eigenvalue weighted by Gasteiger charge is 2.28. The first-order valence-corrected chi connectivity index (χ1v) is 9.26. The zero-order valence-electron chi connectivity index (χ0n) is 14.2. The molecule has 0 atom stereocenters. The van der Waals surface area contributed by atoms with Crippen molar-refractivity contribution in [1.29, 1.82) is 0 Å². The third-order valence-corrected chi connectivity index (χ3v) is 5.66. The number of rotatable bonds is 4. The van der Waals surface area contributed by atoms with Gasteiger partial charge in [0.2, 0.25) is 0 Å². The average molecular weight is 357 g/mol. The fourth-order valence-electron chi connectivity index (χ4n) is 3.22. The van der Waals surface area contributed by atoms with E-state index in [2.05, 4.69) is 10.2 Å². The molecule has 0 saturated carbocycles. The molecule has 0 radical (unpaired) electrons. The van der Waals surface area contributed by atoms with Gasteiger partial charge in [0.25, 0.3) is 0 Å². The maximum absolute atomic E-state index is 12.6. The second-order valence-corrected chi connectivity index (χ2v) is 7.04. The average Bonchev–Trinajstić information content (AvgIpc) is 3.22. The van der Waals surface area contributed by atoms with Gasteiger partial charge in [-0.15, -0.1) is 26.3 Å². The molecule has 2 heterocycles. The minimum absolute atomic E-state index is 0.282. The van der Waals surface area contributed by atoms with Crippen molar-refractivity contribution in [1.82, 2.24) is 15.0 Å². The van der Waals surface area contributed by atoms with Gasteiger partial charge in [-0.3, -0.25) is 0 Å². The number of fused-ring (bicyclic) bond motifs is 2. The zero-order valence-corrected chi connectivity index (χ0v) is 15.1. The highest BCUT2D eigenvalue weighted by molar-refractivity contribution is 7.15. The SMILES string of the molecule is CCOC(=O)c1c(-n2nc3ccc(OC)cc3n2)sc2c1CCCC2. The molecule has 7 heteroatoms. The maximum atomic E-state index is 12.6. The first kappa shape index (κ1) is 16.1. The van der Waals surface area contributed by atoms with Gasteiger partial charge in [-0.1, -0.05) is 0 Å². The lowest BCUT2D eigenvalue weighted by Crippen LogP contribution is -2.12. The summed E-state index contributed by atoms with van der Waals surface area (Å²) in [6, 6.07) is 5.57. The second-order valence-electron chi connectivity index (χ2n) is 5.96. The van der Waals surface area contributed by atoms with Gasteiger partial charge in [0.15, 0.2) is 5.00 Å². The normalized spacial score (nSPS) is 13.7. The highest BCUT2D eigenvalue weighted by atomic mass is 32.1. The number of hydrogen-bond acceptors (Lipinski definition) is 6. The molecule has 0 unspecified atom stereocenters. The molecule has 0 bridgehead atoms. The van der Waals surface area contributed by atoms with Gasteiger partial charge < -0.3 is 9.47 Å². The van der Waals surface area contributed by atoms with Crippen LogP contribution in [0, 0.1) is 0 Å². The third-order valence-electron chi connectivity index (χ3n) is 4.40. The van der Waals surface area contributed by atoms with Crippen molar-refractivity contribution in [2.45, 2.75) is 32.6 Å². The first-order chi connectivity index (χ1) is 12.2. The number of esters is 1. The predicted molar refractivity (Wildman–Crippen MR) is 95.9 cm³/mol. The van der Waals surface area contributed by atoms with Crippen LogP contribution in [0.1, 0.15) is 40.6 Å². The minimum Gasteiger partial charge on any atom is -0.497 e. The van der Waals surface area contributed by atoms with Crippen LogP contribution in [-0.4, -0.2) is 34.7 Å². The molecule has 0 saturated heterocycles. The Labute approximate surface area is 149 Å². The number of nitrogens with zero attached hydrogens (tertiary/aromatic N) is 3. The quantitative estimate of drug-likeness (QED) is 0.668. The van der Waals surface area contributed by atoms with Crippen LogP contribution >= 0.6 is 11.3 Å². The Morgan fingerprint density at radius 3 is 2.84 bits per heavy atom. The van der Waals surface area contributed by atoms with E-state index < -0.39 is 0 Å². The number of hydrogen-bond donors (Lipinski definition) is 0. The fourth-order valence-corrected chi connectivity index (χ4v) is 4.50. The Bertz CT molecular complexity index is 945.